The second-order valence-electron chi connectivity index (χ2n) is 8.27. The van der Waals surface area contributed by atoms with Gasteiger partial charge in [-0.1, -0.05) is 6.07 Å². The van der Waals surface area contributed by atoms with Gasteiger partial charge >= 0.3 is 12.1 Å². The molecule has 1 saturated heterocycles. The third-order valence-electron chi connectivity index (χ3n) is 4.58. The molecule has 1 aliphatic heterocycles. The number of anilines is 1. The molecule has 0 bridgehead atoms. The predicted molar refractivity (Wildman–Crippen MR) is 106 cm³/mol. The molecule has 0 saturated carbocycles. The van der Waals surface area contributed by atoms with Crippen LogP contribution in [0.15, 0.2) is 18.2 Å². The number of nitrogens with one attached hydrogen (secondary N) is 1. The first kappa shape index (κ1) is 22.6. The molecular formula is C21H29FN2O5. The summed E-state index contributed by atoms with van der Waals surface area (Å²) in [4.78, 5) is 38.2. The fourth-order valence-electron chi connectivity index (χ4n) is 2.86. The first-order valence-electron chi connectivity index (χ1n) is 9.71. The molecule has 1 aromatic carbocycles. The van der Waals surface area contributed by atoms with Crippen LogP contribution in [0.25, 0.3) is 0 Å². The molecule has 1 N–H and O–H groups in total. The van der Waals surface area contributed by atoms with Crippen molar-refractivity contribution in [1.82, 2.24) is 4.90 Å². The molecule has 2 rings (SSSR count). The van der Waals surface area contributed by atoms with Gasteiger partial charge in [0.1, 0.15) is 11.4 Å². The number of esters is 1. The van der Waals surface area contributed by atoms with Crippen molar-refractivity contribution in [2.45, 2.75) is 59.2 Å². The Kier molecular flexibility index (Phi) is 7.21. The van der Waals surface area contributed by atoms with Crippen molar-refractivity contribution in [3.05, 3.63) is 29.6 Å². The summed E-state index contributed by atoms with van der Waals surface area (Å²) in [6, 6.07) is 4.35. The smallest absolute Gasteiger partial charge is 0.410 e. The normalized spacial score (nSPS) is 16.1. The second kappa shape index (κ2) is 9.24. The monoisotopic (exact) mass is 408 g/mol. The highest BCUT2D eigenvalue weighted by Crippen LogP contribution is 2.22. The molecule has 0 radical (unpaired) electrons. The highest BCUT2D eigenvalue weighted by molar-refractivity contribution is 5.95. The standard InChI is InChI=1S/C21H29FN2O5/c1-13-6-7-16(12-17(13)22)23-18(25)14(2)28-19(26)15-8-10-24(11-9-15)20(27)29-21(3,4)5/h6-7,12,14-15H,8-11H2,1-5H3,(H,23,25). The zero-order valence-electron chi connectivity index (χ0n) is 17.6. The highest BCUT2D eigenvalue weighted by Gasteiger charge is 2.32. The molecule has 0 spiro atoms. The maximum Gasteiger partial charge on any atom is 0.410 e. The summed E-state index contributed by atoms with van der Waals surface area (Å²) in [6.45, 7) is 9.26. The van der Waals surface area contributed by atoms with Crippen molar-refractivity contribution in [3.63, 3.8) is 0 Å². The van der Waals surface area contributed by atoms with E-state index in [0.29, 0.717) is 37.2 Å². The number of hydrogen-bond donors (Lipinski definition) is 1. The van der Waals surface area contributed by atoms with Gasteiger partial charge in [0, 0.05) is 18.8 Å². The van der Waals surface area contributed by atoms with Gasteiger partial charge in [-0.15, -0.1) is 0 Å². The topological polar surface area (TPSA) is 84.9 Å². The van der Waals surface area contributed by atoms with Crippen LogP contribution < -0.4 is 5.32 Å². The largest absolute Gasteiger partial charge is 0.452 e. The molecule has 1 heterocycles. The number of nitrogens with zero attached hydrogens (tertiary/aromatic N) is 1. The van der Waals surface area contributed by atoms with E-state index in [0.717, 1.165) is 0 Å². The molecule has 2 amide bonds. The zero-order chi connectivity index (χ0) is 21.8. The van der Waals surface area contributed by atoms with Crippen molar-refractivity contribution in [1.29, 1.82) is 0 Å². The Bertz CT molecular complexity index is 767. The average Bonchev–Trinajstić information content (AvgIpc) is 2.63. The number of rotatable bonds is 4. The minimum absolute atomic E-state index is 0.298. The lowest BCUT2D eigenvalue weighted by Gasteiger charge is -2.32. The van der Waals surface area contributed by atoms with Crippen LogP contribution in [0.2, 0.25) is 0 Å². The summed E-state index contributed by atoms with van der Waals surface area (Å²) in [5, 5.41) is 2.54. The molecule has 8 heteroatoms. The lowest BCUT2D eigenvalue weighted by Crippen LogP contribution is -2.43. The molecule has 1 unspecified atom stereocenters. The summed E-state index contributed by atoms with van der Waals surface area (Å²) < 4.78 is 24.2. The average molecular weight is 408 g/mol. The van der Waals surface area contributed by atoms with Gasteiger partial charge in [0.25, 0.3) is 5.91 Å². The number of carbonyl (C=O) groups is 3. The van der Waals surface area contributed by atoms with Gasteiger partial charge in [-0.2, -0.15) is 0 Å². The molecular weight excluding hydrogens is 379 g/mol. The van der Waals surface area contributed by atoms with Crippen LogP contribution in [-0.4, -0.2) is 47.7 Å². The number of ether oxygens (including phenoxy) is 2. The lowest BCUT2D eigenvalue weighted by molar-refractivity contribution is -0.158. The first-order valence-corrected chi connectivity index (χ1v) is 9.71. The number of amides is 2. The number of likely N-dealkylation sites (tertiary alicyclic amines) is 1. The summed E-state index contributed by atoms with van der Waals surface area (Å²) in [6.07, 6.45) is -0.538. The minimum atomic E-state index is -1.02. The van der Waals surface area contributed by atoms with E-state index in [1.54, 1.807) is 44.7 Å². The Labute approximate surface area is 170 Å². The molecule has 0 aliphatic carbocycles. The van der Waals surface area contributed by atoms with Crippen LogP contribution in [0, 0.1) is 18.7 Å². The van der Waals surface area contributed by atoms with Gasteiger partial charge in [0.05, 0.1) is 5.92 Å². The lowest BCUT2D eigenvalue weighted by atomic mass is 9.97. The molecule has 0 aromatic heterocycles. The predicted octanol–water partition coefficient (Wildman–Crippen LogP) is 3.65. The van der Waals surface area contributed by atoms with Crippen LogP contribution in [-0.2, 0) is 19.1 Å². The molecule has 29 heavy (non-hydrogen) atoms. The Morgan fingerprint density at radius 1 is 1.21 bits per heavy atom. The summed E-state index contributed by atoms with van der Waals surface area (Å²) in [7, 11) is 0. The van der Waals surface area contributed by atoms with Crippen molar-refractivity contribution in [2.75, 3.05) is 18.4 Å². The Balaban J connectivity index is 1.81. The van der Waals surface area contributed by atoms with Crippen molar-refractivity contribution >= 4 is 23.7 Å². The fraction of sp³-hybridized carbons (Fsp3) is 0.571. The van der Waals surface area contributed by atoms with Gasteiger partial charge < -0.3 is 19.7 Å². The highest BCUT2D eigenvalue weighted by atomic mass is 19.1. The fourth-order valence-corrected chi connectivity index (χ4v) is 2.86. The number of aryl methyl sites for hydroxylation is 1. The van der Waals surface area contributed by atoms with E-state index in [4.69, 9.17) is 9.47 Å². The number of benzene rings is 1. The Morgan fingerprint density at radius 2 is 1.83 bits per heavy atom. The van der Waals surface area contributed by atoms with Crippen LogP contribution in [0.5, 0.6) is 0 Å². The molecule has 1 atom stereocenters. The van der Waals surface area contributed by atoms with Crippen molar-refractivity contribution in [3.8, 4) is 0 Å². The third kappa shape index (κ3) is 6.73. The quantitative estimate of drug-likeness (QED) is 0.769. The van der Waals surface area contributed by atoms with Gasteiger partial charge in [-0.05, 0) is 65.2 Å². The van der Waals surface area contributed by atoms with E-state index < -0.39 is 35.5 Å². The Hall–Kier alpha value is -2.64. The van der Waals surface area contributed by atoms with Crippen LogP contribution in [0.4, 0.5) is 14.9 Å². The maximum atomic E-state index is 13.6. The number of carbonyl (C=O) groups excluding carboxylic acids is 3. The zero-order valence-corrected chi connectivity index (χ0v) is 17.6. The van der Waals surface area contributed by atoms with Gasteiger partial charge in [-0.3, -0.25) is 9.59 Å². The van der Waals surface area contributed by atoms with E-state index in [2.05, 4.69) is 5.32 Å². The minimum Gasteiger partial charge on any atom is -0.452 e. The first-order chi connectivity index (χ1) is 13.5. The Morgan fingerprint density at radius 3 is 2.38 bits per heavy atom. The molecule has 1 aliphatic rings. The van der Waals surface area contributed by atoms with Crippen LogP contribution in [0.1, 0.15) is 46.1 Å². The molecule has 160 valence electrons. The second-order valence-corrected chi connectivity index (χ2v) is 8.27. The molecule has 1 aromatic rings. The summed E-state index contributed by atoms with van der Waals surface area (Å²) in [5.41, 5.74) is 0.197. The van der Waals surface area contributed by atoms with Crippen molar-refractivity contribution in [2.24, 2.45) is 5.92 Å². The van der Waals surface area contributed by atoms with Gasteiger partial charge in [0.2, 0.25) is 0 Å². The van der Waals surface area contributed by atoms with E-state index in [-0.39, 0.29) is 5.92 Å². The van der Waals surface area contributed by atoms with E-state index in [1.165, 1.54) is 13.0 Å². The van der Waals surface area contributed by atoms with Crippen LogP contribution >= 0.6 is 0 Å². The summed E-state index contributed by atoms with van der Waals surface area (Å²) in [5.74, 6) is -1.83. The maximum absolute atomic E-state index is 13.6. The van der Waals surface area contributed by atoms with Gasteiger partial charge in [0.15, 0.2) is 6.10 Å². The molecule has 1 fully saturated rings. The number of hydrogen-bond acceptors (Lipinski definition) is 5. The van der Waals surface area contributed by atoms with Crippen molar-refractivity contribution < 1.29 is 28.2 Å². The molecule has 7 nitrogen and oxygen atoms in total. The van der Waals surface area contributed by atoms with E-state index >= 15 is 0 Å². The van der Waals surface area contributed by atoms with E-state index in [9.17, 15) is 18.8 Å². The van der Waals surface area contributed by atoms with Gasteiger partial charge in [-0.25, -0.2) is 9.18 Å². The summed E-state index contributed by atoms with van der Waals surface area (Å²) >= 11 is 0. The third-order valence-corrected chi connectivity index (χ3v) is 4.58. The van der Waals surface area contributed by atoms with E-state index in [1.807, 2.05) is 0 Å². The SMILES string of the molecule is Cc1ccc(NC(=O)C(C)OC(=O)C2CCN(C(=O)OC(C)(C)C)CC2)cc1F. The number of piperidine rings is 1. The van der Waals surface area contributed by atoms with Crippen LogP contribution in [0.3, 0.4) is 0 Å². The number of halogens is 1.